The Morgan fingerprint density at radius 2 is 2.17 bits per heavy atom. The van der Waals surface area contributed by atoms with Crippen LogP contribution in [0.2, 0.25) is 0 Å². The first kappa shape index (κ1) is 20.8. The van der Waals surface area contributed by atoms with E-state index in [1.807, 2.05) is 6.92 Å². The number of benzene rings is 1. The predicted molar refractivity (Wildman–Crippen MR) is 108 cm³/mol. The van der Waals surface area contributed by atoms with Crippen LogP contribution in [0, 0.1) is 5.92 Å². The molecule has 30 heavy (non-hydrogen) atoms. The molecule has 6 N–H and O–H groups in total. The molecule has 162 valence electrons. The summed E-state index contributed by atoms with van der Waals surface area (Å²) in [5.41, 5.74) is 6.48. The molecule has 1 aromatic carbocycles. The first-order valence-corrected chi connectivity index (χ1v) is 10.4. The molecule has 3 unspecified atom stereocenters. The highest BCUT2D eigenvalue weighted by Crippen LogP contribution is 2.50. The highest BCUT2D eigenvalue weighted by atomic mass is 16.5. The second-order valence-electron chi connectivity index (χ2n) is 8.50. The Labute approximate surface area is 174 Å². The number of hydrogen-bond acceptors (Lipinski definition) is 6. The standard InChI is InChI=1S/C21H28N4O5/c1-11(12-2-3-12)24-18(27)6-13-8-21(20(29)23-10-30-21)16-5-4-14(7-15(13)16)25-19(28)17(22)9-26/h4-5,7,11-13,17,26H,2-3,6,8-10,22H2,1H3,(H,23,29)(H,24,27)(H,25,28)/t11-,13?,17?,21?/m0/s1. The smallest absolute Gasteiger partial charge is 0.258 e. The third-order valence-corrected chi connectivity index (χ3v) is 6.33. The molecule has 1 heterocycles. The summed E-state index contributed by atoms with van der Waals surface area (Å²) in [6.07, 6.45) is 2.89. The van der Waals surface area contributed by atoms with Gasteiger partial charge in [0, 0.05) is 18.2 Å². The van der Waals surface area contributed by atoms with E-state index in [-0.39, 0.29) is 36.9 Å². The number of anilines is 1. The van der Waals surface area contributed by atoms with Crippen LogP contribution in [0.15, 0.2) is 18.2 Å². The second-order valence-corrected chi connectivity index (χ2v) is 8.50. The van der Waals surface area contributed by atoms with Gasteiger partial charge in [0.1, 0.15) is 12.8 Å². The fraction of sp³-hybridized carbons (Fsp3) is 0.571. The summed E-state index contributed by atoms with van der Waals surface area (Å²) in [5.74, 6) is -0.446. The Hall–Kier alpha value is -2.49. The van der Waals surface area contributed by atoms with Crippen molar-refractivity contribution in [1.82, 2.24) is 10.6 Å². The lowest BCUT2D eigenvalue weighted by molar-refractivity contribution is -0.134. The number of nitrogens with one attached hydrogen (secondary N) is 3. The number of fused-ring (bicyclic) bond motifs is 2. The molecule has 4 atom stereocenters. The number of carbonyl (C=O) groups is 3. The van der Waals surface area contributed by atoms with Gasteiger partial charge in [-0.1, -0.05) is 6.07 Å². The number of aliphatic hydroxyl groups is 1. The Morgan fingerprint density at radius 1 is 1.40 bits per heavy atom. The zero-order chi connectivity index (χ0) is 21.5. The monoisotopic (exact) mass is 416 g/mol. The van der Waals surface area contributed by atoms with Gasteiger partial charge in [-0.3, -0.25) is 14.4 Å². The van der Waals surface area contributed by atoms with E-state index in [1.165, 1.54) is 0 Å². The van der Waals surface area contributed by atoms with Gasteiger partial charge in [0.25, 0.3) is 5.91 Å². The molecule has 4 rings (SSSR count). The van der Waals surface area contributed by atoms with Crippen LogP contribution < -0.4 is 21.7 Å². The largest absolute Gasteiger partial charge is 0.394 e. The number of rotatable bonds is 7. The maximum absolute atomic E-state index is 12.7. The summed E-state index contributed by atoms with van der Waals surface area (Å²) in [6.45, 7) is 1.68. The molecule has 0 bridgehead atoms. The molecule has 9 nitrogen and oxygen atoms in total. The molecular formula is C21H28N4O5. The zero-order valence-electron chi connectivity index (χ0n) is 16.9. The SMILES string of the molecule is C[C@H](NC(=O)CC1CC2(OCNC2=O)c2ccc(NC(=O)C(N)CO)cc21)C1CC1. The Morgan fingerprint density at radius 3 is 2.80 bits per heavy atom. The van der Waals surface area contributed by atoms with Gasteiger partial charge in [0.15, 0.2) is 5.60 Å². The number of hydrogen-bond donors (Lipinski definition) is 5. The first-order chi connectivity index (χ1) is 14.3. The maximum Gasteiger partial charge on any atom is 0.258 e. The van der Waals surface area contributed by atoms with E-state index < -0.39 is 24.2 Å². The fourth-order valence-corrected chi connectivity index (χ4v) is 4.45. The highest BCUT2D eigenvalue weighted by molar-refractivity contribution is 5.95. The van der Waals surface area contributed by atoms with Crippen molar-refractivity contribution >= 4 is 23.4 Å². The van der Waals surface area contributed by atoms with E-state index in [1.54, 1.807) is 18.2 Å². The number of carbonyl (C=O) groups excluding carboxylic acids is 3. The second kappa shape index (κ2) is 7.98. The molecule has 1 aliphatic heterocycles. The minimum Gasteiger partial charge on any atom is -0.394 e. The van der Waals surface area contributed by atoms with Gasteiger partial charge in [0.05, 0.1) is 6.61 Å². The van der Waals surface area contributed by atoms with E-state index in [2.05, 4.69) is 16.0 Å². The third-order valence-electron chi connectivity index (χ3n) is 6.33. The van der Waals surface area contributed by atoms with Crippen LogP contribution in [-0.4, -0.2) is 48.2 Å². The molecule has 0 aromatic heterocycles. The molecule has 1 spiro atoms. The summed E-state index contributed by atoms with van der Waals surface area (Å²) in [6, 6.07) is 4.31. The average Bonchev–Trinajstić information content (AvgIpc) is 3.45. The fourth-order valence-electron chi connectivity index (χ4n) is 4.45. The van der Waals surface area contributed by atoms with E-state index >= 15 is 0 Å². The van der Waals surface area contributed by atoms with Crippen molar-refractivity contribution in [3.05, 3.63) is 29.3 Å². The molecule has 0 radical (unpaired) electrons. The van der Waals surface area contributed by atoms with Crippen LogP contribution in [0.4, 0.5) is 5.69 Å². The Bertz CT molecular complexity index is 871. The van der Waals surface area contributed by atoms with Gasteiger partial charge in [-0.05, 0) is 61.3 Å². The molecule has 3 aliphatic rings. The molecule has 1 saturated heterocycles. The van der Waals surface area contributed by atoms with Crippen LogP contribution >= 0.6 is 0 Å². The zero-order valence-corrected chi connectivity index (χ0v) is 16.9. The van der Waals surface area contributed by atoms with E-state index in [9.17, 15) is 14.4 Å². The van der Waals surface area contributed by atoms with Crippen LogP contribution in [0.25, 0.3) is 0 Å². The first-order valence-electron chi connectivity index (χ1n) is 10.4. The molecule has 3 amide bonds. The molecule has 1 saturated carbocycles. The molecular weight excluding hydrogens is 388 g/mol. The van der Waals surface area contributed by atoms with Gasteiger partial charge in [-0.25, -0.2) is 0 Å². The highest BCUT2D eigenvalue weighted by Gasteiger charge is 2.53. The summed E-state index contributed by atoms with van der Waals surface area (Å²) < 4.78 is 5.83. The number of nitrogens with two attached hydrogens (primary N) is 1. The maximum atomic E-state index is 12.7. The van der Waals surface area contributed by atoms with E-state index in [0.29, 0.717) is 18.0 Å². The van der Waals surface area contributed by atoms with Crippen molar-refractivity contribution in [3.8, 4) is 0 Å². The predicted octanol–water partition coefficient (Wildman–Crippen LogP) is 0.0360. The molecule has 2 fully saturated rings. The lowest BCUT2D eigenvalue weighted by Gasteiger charge is -2.21. The van der Waals surface area contributed by atoms with Gasteiger partial charge in [0.2, 0.25) is 11.8 Å². The molecule has 9 heteroatoms. The topological polar surface area (TPSA) is 143 Å². The summed E-state index contributed by atoms with van der Waals surface area (Å²) in [4.78, 5) is 37.3. The summed E-state index contributed by atoms with van der Waals surface area (Å²) in [7, 11) is 0. The van der Waals surface area contributed by atoms with E-state index in [4.69, 9.17) is 15.6 Å². The van der Waals surface area contributed by atoms with Gasteiger partial charge in [-0.15, -0.1) is 0 Å². The summed E-state index contributed by atoms with van der Waals surface area (Å²) in [5, 5.41) is 17.5. The number of aliphatic hydroxyl groups excluding tert-OH is 1. The van der Waals surface area contributed by atoms with Gasteiger partial charge >= 0.3 is 0 Å². The van der Waals surface area contributed by atoms with Crippen molar-refractivity contribution in [2.24, 2.45) is 11.7 Å². The number of amides is 3. The normalized spacial score (nSPS) is 26.8. The lowest BCUT2D eigenvalue weighted by atomic mass is 9.94. The minimum absolute atomic E-state index is 0.0578. The van der Waals surface area contributed by atoms with Crippen LogP contribution in [0.5, 0.6) is 0 Å². The Kier molecular flexibility index (Phi) is 5.52. The third kappa shape index (κ3) is 3.80. The quantitative estimate of drug-likeness (QED) is 0.425. The minimum atomic E-state index is -1.10. The van der Waals surface area contributed by atoms with Crippen molar-refractivity contribution < 1.29 is 24.2 Å². The lowest BCUT2D eigenvalue weighted by Crippen LogP contribution is -2.38. The average molecular weight is 416 g/mol. The summed E-state index contributed by atoms with van der Waals surface area (Å²) >= 11 is 0. The van der Waals surface area contributed by atoms with E-state index in [0.717, 1.165) is 24.0 Å². The van der Waals surface area contributed by atoms with Gasteiger partial charge < -0.3 is 31.5 Å². The Balaban J connectivity index is 1.57. The van der Waals surface area contributed by atoms with Gasteiger partial charge in [-0.2, -0.15) is 0 Å². The van der Waals surface area contributed by atoms with Crippen molar-refractivity contribution in [3.63, 3.8) is 0 Å². The molecule has 1 aromatic rings. The van der Waals surface area contributed by atoms with Crippen molar-refractivity contribution in [2.75, 3.05) is 18.7 Å². The number of ether oxygens (including phenoxy) is 1. The van der Waals surface area contributed by atoms with Crippen LogP contribution in [0.1, 0.15) is 49.7 Å². The molecule has 2 aliphatic carbocycles. The van der Waals surface area contributed by atoms with Crippen LogP contribution in [0.3, 0.4) is 0 Å². The van der Waals surface area contributed by atoms with Crippen molar-refractivity contribution in [1.29, 1.82) is 0 Å². The van der Waals surface area contributed by atoms with Crippen LogP contribution in [-0.2, 0) is 24.7 Å². The van der Waals surface area contributed by atoms with Crippen molar-refractivity contribution in [2.45, 2.75) is 56.2 Å².